The van der Waals surface area contributed by atoms with Crippen LogP contribution in [0.2, 0.25) is 0 Å². The zero-order valence-electron chi connectivity index (χ0n) is 12.4. The number of aromatic nitrogens is 2. The van der Waals surface area contributed by atoms with Crippen molar-refractivity contribution in [1.29, 1.82) is 0 Å². The van der Waals surface area contributed by atoms with E-state index >= 15 is 0 Å². The molecule has 4 heteroatoms. The summed E-state index contributed by atoms with van der Waals surface area (Å²) in [7, 11) is 2.10. The number of piperidine rings is 1. The van der Waals surface area contributed by atoms with Crippen LogP contribution in [0.15, 0.2) is 12.4 Å². The Morgan fingerprint density at radius 3 is 2.47 bits per heavy atom. The van der Waals surface area contributed by atoms with Crippen molar-refractivity contribution >= 4 is 5.95 Å². The first kappa shape index (κ1) is 14.3. The quantitative estimate of drug-likeness (QED) is 0.882. The monoisotopic (exact) mass is 262 g/mol. The molecule has 0 radical (unpaired) electrons. The van der Waals surface area contributed by atoms with E-state index in [4.69, 9.17) is 0 Å². The van der Waals surface area contributed by atoms with E-state index in [0.717, 1.165) is 37.9 Å². The topological polar surface area (TPSA) is 41.1 Å². The highest BCUT2D eigenvalue weighted by atomic mass is 15.2. The zero-order valence-corrected chi connectivity index (χ0v) is 12.4. The second-order valence-electron chi connectivity index (χ2n) is 6.06. The van der Waals surface area contributed by atoms with Gasteiger partial charge in [-0.3, -0.25) is 0 Å². The van der Waals surface area contributed by atoms with Gasteiger partial charge in [0.15, 0.2) is 0 Å². The molecule has 106 valence electrons. The molecule has 1 fully saturated rings. The summed E-state index contributed by atoms with van der Waals surface area (Å²) in [5.41, 5.74) is 1.23. The van der Waals surface area contributed by atoms with Crippen molar-refractivity contribution in [1.82, 2.24) is 15.3 Å². The highest BCUT2D eigenvalue weighted by Crippen LogP contribution is 2.16. The Kier molecular flexibility index (Phi) is 5.14. The lowest BCUT2D eigenvalue weighted by atomic mass is 9.98. The molecule has 0 bridgehead atoms. The molecule has 0 aromatic carbocycles. The molecule has 19 heavy (non-hydrogen) atoms. The van der Waals surface area contributed by atoms with Gasteiger partial charge in [0, 0.05) is 26.0 Å². The van der Waals surface area contributed by atoms with Gasteiger partial charge in [0.1, 0.15) is 0 Å². The molecule has 0 aliphatic carbocycles. The third-order valence-corrected chi connectivity index (χ3v) is 3.67. The molecular weight excluding hydrogens is 236 g/mol. The van der Waals surface area contributed by atoms with Gasteiger partial charge in [-0.1, -0.05) is 13.8 Å². The first-order valence-corrected chi connectivity index (χ1v) is 7.38. The van der Waals surface area contributed by atoms with Crippen LogP contribution in [0.1, 0.15) is 32.3 Å². The van der Waals surface area contributed by atoms with Gasteiger partial charge in [-0.2, -0.15) is 0 Å². The minimum atomic E-state index is 0.655. The summed E-state index contributed by atoms with van der Waals surface area (Å²) < 4.78 is 0. The largest absolute Gasteiger partial charge is 0.344 e. The second kappa shape index (κ2) is 6.85. The van der Waals surface area contributed by atoms with Crippen LogP contribution in [0.25, 0.3) is 0 Å². The Morgan fingerprint density at radius 1 is 1.26 bits per heavy atom. The molecule has 1 aromatic rings. The number of nitrogens with zero attached hydrogens (tertiary/aromatic N) is 3. The van der Waals surface area contributed by atoms with Crippen molar-refractivity contribution in [2.24, 2.45) is 11.8 Å². The lowest BCUT2D eigenvalue weighted by Crippen LogP contribution is -2.35. The van der Waals surface area contributed by atoms with E-state index in [1.807, 2.05) is 12.4 Å². The highest BCUT2D eigenvalue weighted by molar-refractivity contribution is 5.28. The second-order valence-corrected chi connectivity index (χ2v) is 6.06. The van der Waals surface area contributed by atoms with Crippen molar-refractivity contribution in [3.8, 4) is 0 Å². The van der Waals surface area contributed by atoms with Crippen molar-refractivity contribution < 1.29 is 0 Å². The lowest BCUT2D eigenvalue weighted by Gasteiger charge is -2.27. The summed E-state index contributed by atoms with van der Waals surface area (Å²) in [6.45, 7) is 7.79. The average molecular weight is 262 g/mol. The lowest BCUT2D eigenvalue weighted by molar-refractivity contribution is 0.376. The molecule has 0 saturated carbocycles. The van der Waals surface area contributed by atoms with E-state index < -0.39 is 0 Å². The van der Waals surface area contributed by atoms with Crippen LogP contribution in [0.4, 0.5) is 5.95 Å². The van der Waals surface area contributed by atoms with Crippen molar-refractivity contribution in [2.45, 2.75) is 33.1 Å². The van der Waals surface area contributed by atoms with Crippen LogP contribution in [0.3, 0.4) is 0 Å². The molecule has 0 unspecified atom stereocenters. The fourth-order valence-corrected chi connectivity index (χ4v) is 2.66. The predicted octanol–water partition coefficient (Wildman–Crippen LogP) is 2.11. The molecule has 4 nitrogen and oxygen atoms in total. The fourth-order valence-electron chi connectivity index (χ4n) is 2.66. The summed E-state index contributed by atoms with van der Waals surface area (Å²) in [6, 6.07) is 0. The molecule has 1 saturated heterocycles. The molecule has 1 aliphatic heterocycles. The maximum absolute atomic E-state index is 4.50. The van der Waals surface area contributed by atoms with Gasteiger partial charge in [0.2, 0.25) is 5.95 Å². The maximum atomic E-state index is 4.50. The average Bonchev–Trinajstić information content (AvgIpc) is 2.40. The number of hydrogen-bond acceptors (Lipinski definition) is 4. The van der Waals surface area contributed by atoms with Crippen LogP contribution < -0.4 is 10.2 Å². The maximum Gasteiger partial charge on any atom is 0.224 e. The molecule has 1 aromatic heterocycles. The molecule has 1 aliphatic rings. The van der Waals surface area contributed by atoms with E-state index in [1.54, 1.807) is 0 Å². The molecule has 2 heterocycles. The number of rotatable bonds is 5. The summed E-state index contributed by atoms with van der Waals surface area (Å²) in [5.74, 6) is 2.28. The van der Waals surface area contributed by atoms with Gasteiger partial charge in [0.05, 0.1) is 0 Å². The SMILES string of the molecule is CC(C)Cc1cnc(N(C)CC2CCNCC2)nc1. The fraction of sp³-hybridized carbons (Fsp3) is 0.733. The summed E-state index contributed by atoms with van der Waals surface area (Å²) >= 11 is 0. The number of anilines is 1. The Hall–Kier alpha value is -1.16. The third-order valence-electron chi connectivity index (χ3n) is 3.67. The molecule has 0 atom stereocenters. The summed E-state index contributed by atoms with van der Waals surface area (Å²) in [6.07, 6.45) is 7.52. The van der Waals surface area contributed by atoms with Crippen LogP contribution in [0.5, 0.6) is 0 Å². The van der Waals surface area contributed by atoms with E-state index in [1.165, 1.54) is 18.4 Å². The normalized spacial score (nSPS) is 16.8. The van der Waals surface area contributed by atoms with Crippen LogP contribution in [-0.4, -0.2) is 36.6 Å². The summed E-state index contributed by atoms with van der Waals surface area (Å²) in [5, 5.41) is 3.40. The molecule has 2 rings (SSSR count). The van der Waals surface area contributed by atoms with Crippen molar-refractivity contribution in [3.05, 3.63) is 18.0 Å². The molecule has 1 N–H and O–H groups in total. The highest BCUT2D eigenvalue weighted by Gasteiger charge is 2.16. The minimum Gasteiger partial charge on any atom is -0.344 e. The third kappa shape index (κ3) is 4.46. The van der Waals surface area contributed by atoms with Gasteiger partial charge in [-0.05, 0) is 49.8 Å². The Bertz CT molecular complexity index is 368. The van der Waals surface area contributed by atoms with E-state index in [2.05, 4.69) is 41.1 Å². The van der Waals surface area contributed by atoms with E-state index in [-0.39, 0.29) is 0 Å². The van der Waals surface area contributed by atoms with E-state index in [9.17, 15) is 0 Å². The van der Waals surface area contributed by atoms with Crippen LogP contribution in [0, 0.1) is 11.8 Å². The first-order chi connectivity index (χ1) is 9.15. The van der Waals surface area contributed by atoms with Gasteiger partial charge >= 0.3 is 0 Å². The Morgan fingerprint density at radius 2 is 1.89 bits per heavy atom. The molecular formula is C15H26N4. The molecule has 0 spiro atoms. The van der Waals surface area contributed by atoms with E-state index in [0.29, 0.717) is 5.92 Å². The minimum absolute atomic E-state index is 0.655. The van der Waals surface area contributed by atoms with Gasteiger partial charge in [-0.25, -0.2) is 9.97 Å². The predicted molar refractivity (Wildman–Crippen MR) is 79.4 cm³/mol. The standard InChI is InChI=1S/C15H26N4/c1-12(2)8-14-9-17-15(18-10-14)19(3)11-13-4-6-16-7-5-13/h9-10,12-13,16H,4-8,11H2,1-3H3. The Labute approximate surface area is 116 Å². The van der Waals surface area contributed by atoms with Gasteiger partial charge in [0.25, 0.3) is 0 Å². The van der Waals surface area contributed by atoms with Crippen molar-refractivity contribution in [3.63, 3.8) is 0 Å². The first-order valence-electron chi connectivity index (χ1n) is 7.38. The smallest absolute Gasteiger partial charge is 0.224 e. The van der Waals surface area contributed by atoms with Gasteiger partial charge < -0.3 is 10.2 Å². The number of nitrogens with one attached hydrogen (secondary N) is 1. The van der Waals surface area contributed by atoms with Crippen molar-refractivity contribution in [2.75, 3.05) is 31.6 Å². The van der Waals surface area contributed by atoms with Crippen LogP contribution in [-0.2, 0) is 6.42 Å². The zero-order chi connectivity index (χ0) is 13.7. The van der Waals surface area contributed by atoms with Gasteiger partial charge in [-0.15, -0.1) is 0 Å². The van der Waals surface area contributed by atoms with Crippen LogP contribution >= 0.6 is 0 Å². The molecule has 0 amide bonds. The Balaban J connectivity index is 1.89. The number of hydrogen-bond donors (Lipinski definition) is 1. The summed E-state index contributed by atoms with van der Waals surface area (Å²) in [4.78, 5) is 11.2.